The lowest BCUT2D eigenvalue weighted by molar-refractivity contribution is -0.142. The number of amides is 3. The molecule has 208 valence electrons. The van der Waals surface area contributed by atoms with Gasteiger partial charge >= 0.3 is 0 Å². The first-order chi connectivity index (χ1) is 18.8. The van der Waals surface area contributed by atoms with Gasteiger partial charge in [-0.3, -0.25) is 14.4 Å². The van der Waals surface area contributed by atoms with E-state index >= 15 is 0 Å². The standard InChI is InChI=1S/C28H32FN3O6S/c29-20-14-12-19(13-15-20)26(27(34)30-21-7-2-1-3-8-21)31(17-22-9-6-16-38-22)25(33)18-32-28(35)23-10-4-5-11-24(23)39(32,36)37/h4-5,10-15,21-22,26H,1-3,6-9,16-18H2,(H,30,34)/t22-,26+/m0/s1. The van der Waals surface area contributed by atoms with Gasteiger partial charge < -0.3 is 15.0 Å². The molecule has 39 heavy (non-hydrogen) atoms. The van der Waals surface area contributed by atoms with Crippen molar-refractivity contribution in [3.05, 3.63) is 65.5 Å². The lowest BCUT2D eigenvalue weighted by Crippen LogP contribution is -2.51. The van der Waals surface area contributed by atoms with Crippen LogP contribution in [-0.2, 0) is 24.3 Å². The summed E-state index contributed by atoms with van der Waals surface area (Å²) in [7, 11) is -4.24. The maximum Gasteiger partial charge on any atom is 0.269 e. The molecule has 2 fully saturated rings. The van der Waals surface area contributed by atoms with Crippen molar-refractivity contribution in [1.82, 2.24) is 14.5 Å². The summed E-state index contributed by atoms with van der Waals surface area (Å²) in [6, 6.07) is 9.93. The molecule has 0 aromatic heterocycles. The van der Waals surface area contributed by atoms with E-state index in [1.807, 2.05) is 0 Å². The first-order valence-corrected chi connectivity index (χ1v) is 14.8. The molecule has 1 saturated heterocycles. The topological polar surface area (TPSA) is 113 Å². The lowest BCUT2D eigenvalue weighted by Gasteiger charge is -2.35. The summed E-state index contributed by atoms with van der Waals surface area (Å²) in [4.78, 5) is 41.8. The first-order valence-electron chi connectivity index (χ1n) is 13.4. The molecule has 1 N–H and O–H groups in total. The van der Waals surface area contributed by atoms with E-state index < -0.39 is 46.1 Å². The summed E-state index contributed by atoms with van der Waals surface area (Å²) in [6.07, 6.45) is 5.80. The minimum atomic E-state index is -4.24. The van der Waals surface area contributed by atoms with Crippen LogP contribution in [0.3, 0.4) is 0 Å². The molecule has 0 bridgehead atoms. The Bertz CT molecular complexity index is 1340. The number of ether oxygens (including phenoxy) is 1. The Balaban J connectivity index is 1.48. The smallest absolute Gasteiger partial charge is 0.269 e. The molecule has 0 spiro atoms. The Morgan fingerprint density at radius 1 is 1.03 bits per heavy atom. The molecular formula is C28H32FN3O6S. The number of fused-ring (bicyclic) bond motifs is 1. The second kappa shape index (κ2) is 11.4. The SMILES string of the molecule is O=C(NC1CCCCC1)[C@@H](c1ccc(F)cc1)N(C[C@@H]1CCCO1)C(=O)CN1C(=O)c2ccccc2S1(=O)=O. The number of hydrogen-bond donors (Lipinski definition) is 1. The molecule has 1 saturated carbocycles. The van der Waals surface area contributed by atoms with Gasteiger partial charge in [-0.15, -0.1) is 0 Å². The highest BCUT2D eigenvalue weighted by atomic mass is 32.2. The number of hydrogen-bond acceptors (Lipinski definition) is 6. The molecule has 9 nitrogen and oxygen atoms in total. The van der Waals surface area contributed by atoms with Crippen LogP contribution in [0.25, 0.3) is 0 Å². The molecular weight excluding hydrogens is 525 g/mol. The van der Waals surface area contributed by atoms with Gasteiger partial charge in [0.05, 0.1) is 11.7 Å². The molecule has 3 aliphatic rings. The van der Waals surface area contributed by atoms with Crippen LogP contribution in [0.15, 0.2) is 53.4 Å². The average molecular weight is 558 g/mol. The summed E-state index contributed by atoms with van der Waals surface area (Å²) in [5.41, 5.74) is 0.385. The van der Waals surface area contributed by atoms with Gasteiger partial charge in [0.1, 0.15) is 23.3 Å². The molecule has 11 heteroatoms. The summed E-state index contributed by atoms with van der Waals surface area (Å²) < 4.78 is 46.5. The Labute approximate surface area is 227 Å². The predicted molar refractivity (Wildman–Crippen MR) is 140 cm³/mol. The van der Waals surface area contributed by atoms with Crippen molar-refractivity contribution < 1.29 is 31.9 Å². The van der Waals surface area contributed by atoms with Gasteiger partial charge in [-0.05, 0) is 55.5 Å². The van der Waals surface area contributed by atoms with Crippen LogP contribution in [0.1, 0.15) is 66.9 Å². The van der Waals surface area contributed by atoms with Crippen LogP contribution in [0.4, 0.5) is 4.39 Å². The maximum atomic E-state index is 13.9. The van der Waals surface area contributed by atoms with Crippen LogP contribution >= 0.6 is 0 Å². The Hall–Kier alpha value is -3.31. The highest BCUT2D eigenvalue weighted by Crippen LogP contribution is 2.31. The number of halogens is 1. The normalized spacial score (nSPS) is 21.4. The van der Waals surface area contributed by atoms with Crippen molar-refractivity contribution in [3.63, 3.8) is 0 Å². The number of carbonyl (C=O) groups excluding carboxylic acids is 3. The fourth-order valence-electron chi connectivity index (χ4n) is 5.60. The second-order valence-electron chi connectivity index (χ2n) is 10.3. The highest BCUT2D eigenvalue weighted by molar-refractivity contribution is 7.90. The largest absolute Gasteiger partial charge is 0.376 e. The Morgan fingerprint density at radius 3 is 2.41 bits per heavy atom. The van der Waals surface area contributed by atoms with Crippen LogP contribution in [-0.4, -0.2) is 67.2 Å². The highest BCUT2D eigenvalue weighted by Gasteiger charge is 2.44. The van der Waals surface area contributed by atoms with Gasteiger partial charge in [-0.2, -0.15) is 0 Å². The maximum absolute atomic E-state index is 13.9. The van der Waals surface area contributed by atoms with Crippen LogP contribution in [0, 0.1) is 5.82 Å². The van der Waals surface area contributed by atoms with Crippen LogP contribution in [0.2, 0.25) is 0 Å². The predicted octanol–water partition coefficient (Wildman–Crippen LogP) is 3.17. The minimum Gasteiger partial charge on any atom is -0.376 e. The molecule has 5 rings (SSSR count). The van der Waals surface area contributed by atoms with E-state index in [4.69, 9.17) is 4.74 Å². The number of nitrogens with zero attached hydrogens (tertiary/aromatic N) is 2. The molecule has 0 unspecified atom stereocenters. The zero-order valence-electron chi connectivity index (χ0n) is 21.6. The minimum absolute atomic E-state index is 0.00102. The summed E-state index contributed by atoms with van der Waals surface area (Å²) >= 11 is 0. The van der Waals surface area contributed by atoms with Gasteiger partial charge in [-0.25, -0.2) is 17.1 Å². The van der Waals surface area contributed by atoms with Crippen molar-refractivity contribution in [2.75, 3.05) is 19.7 Å². The zero-order chi connectivity index (χ0) is 27.6. The summed E-state index contributed by atoms with van der Waals surface area (Å²) in [5.74, 6) is -2.43. The lowest BCUT2D eigenvalue weighted by atomic mass is 9.94. The molecule has 2 atom stereocenters. The molecule has 2 heterocycles. The molecule has 1 aliphatic carbocycles. The van der Waals surface area contributed by atoms with E-state index in [0.717, 1.165) is 38.5 Å². The van der Waals surface area contributed by atoms with Crippen molar-refractivity contribution in [1.29, 1.82) is 0 Å². The third-order valence-electron chi connectivity index (χ3n) is 7.63. The van der Waals surface area contributed by atoms with E-state index in [9.17, 15) is 27.2 Å². The third kappa shape index (κ3) is 5.69. The first kappa shape index (κ1) is 27.3. The average Bonchev–Trinajstić information content (AvgIpc) is 3.51. The van der Waals surface area contributed by atoms with Crippen molar-refractivity contribution >= 4 is 27.7 Å². The second-order valence-corrected chi connectivity index (χ2v) is 12.1. The van der Waals surface area contributed by atoms with Crippen molar-refractivity contribution in [2.45, 2.75) is 68.0 Å². The zero-order valence-corrected chi connectivity index (χ0v) is 22.4. The summed E-state index contributed by atoms with van der Waals surface area (Å²) in [6.45, 7) is -0.235. The van der Waals surface area contributed by atoms with Gasteiger partial charge in [0.2, 0.25) is 11.8 Å². The number of carbonyl (C=O) groups is 3. The van der Waals surface area contributed by atoms with Crippen molar-refractivity contribution in [2.24, 2.45) is 0 Å². The number of benzene rings is 2. The van der Waals surface area contributed by atoms with E-state index in [2.05, 4.69) is 5.32 Å². The Kier molecular flexibility index (Phi) is 7.99. The van der Waals surface area contributed by atoms with Crippen LogP contribution < -0.4 is 5.32 Å². The molecule has 3 amide bonds. The van der Waals surface area contributed by atoms with Gasteiger partial charge in [0, 0.05) is 19.2 Å². The van der Waals surface area contributed by atoms with Gasteiger partial charge in [0.25, 0.3) is 15.9 Å². The fourth-order valence-corrected chi connectivity index (χ4v) is 7.12. The molecule has 2 aromatic rings. The van der Waals surface area contributed by atoms with Crippen LogP contribution in [0.5, 0.6) is 0 Å². The van der Waals surface area contributed by atoms with E-state index in [0.29, 0.717) is 22.9 Å². The monoisotopic (exact) mass is 557 g/mol. The molecule has 2 aromatic carbocycles. The van der Waals surface area contributed by atoms with Gasteiger partial charge in [0.15, 0.2) is 0 Å². The number of rotatable bonds is 8. The number of nitrogens with one attached hydrogen (secondary N) is 1. The molecule has 2 aliphatic heterocycles. The molecule has 0 radical (unpaired) electrons. The van der Waals surface area contributed by atoms with E-state index in [-0.39, 0.29) is 29.1 Å². The van der Waals surface area contributed by atoms with E-state index in [1.54, 1.807) is 6.07 Å². The summed E-state index contributed by atoms with van der Waals surface area (Å²) in [5, 5.41) is 3.06. The van der Waals surface area contributed by atoms with E-state index in [1.165, 1.54) is 47.4 Å². The van der Waals surface area contributed by atoms with Crippen molar-refractivity contribution in [3.8, 4) is 0 Å². The fraction of sp³-hybridized carbons (Fsp3) is 0.464. The third-order valence-corrected chi connectivity index (χ3v) is 9.42. The van der Waals surface area contributed by atoms with Gasteiger partial charge in [-0.1, -0.05) is 43.5 Å². The Morgan fingerprint density at radius 2 is 1.74 bits per heavy atom. The number of sulfonamides is 1. The quantitative estimate of drug-likeness (QED) is 0.534.